The summed E-state index contributed by atoms with van der Waals surface area (Å²) >= 11 is 0. The van der Waals surface area contributed by atoms with Gasteiger partial charge in [0.15, 0.2) is 5.60 Å². The van der Waals surface area contributed by atoms with E-state index in [2.05, 4.69) is 10.5 Å². The Kier molecular flexibility index (Phi) is 6.85. The van der Waals surface area contributed by atoms with Crippen LogP contribution in [0.3, 0.4) is 0 Å². The summed E-state index contributed by atoms with van der Waals surface area (Å²) in [5.74, 6) is -1.02. The Morgan fingerprint density at radius 3 is 2.18 bits per heavy atom. The summed E-state index contributed by atoms with van der Waals surface area (Å²) < 4.78 is 6.84. The van der Waals surface area contributed by atoms with Crippen molar-refractivity contribution in [2.24, 2.45) is 5.10 Å². The van der Waals surface area contributed by atoms with Gasteiger partial charge in [0, 0.05) is 22.7 Å². The molecule has 0 atom stereocenters. The van der Waals surface area contributed by atoms with E-state index in [0.717, 1.165) is 10.9 Å². The van der Waals surface area contributed by atoms with Crippen LogP contribution >= 0.6 is 0 Å². The van der Waals surface area contributed by atoms with Gasteiger partial charge in [-0.15, -0.1) is 0 Å². The molecule has 34 heavy (non-hydrogen) atoms. The second-order valence-electron chi connectivity index (χ2n) is 7.68. The number of hydrogen-bond donors (Lipinski definition) is 2. The third-order valence-corrected chi connectivity index (χ3v) is 5.51. The fourth-order valence-corrected chi connectivity index (χ4v) is 3.88. The number of hydrazone groups is 1. The molecule has 0 radical (unpaired) electrons. The zero-order valence-electron chi connectivity index (χ0n) is 18.7. The van der Waals surface area contributed by atoms with Crippen LogP contribution in [-0.4, -0.2) is 34.4 Å². The molecule has 0 saturated carbocycles. The molecule has 0 bridgehead atoms. The fraction of sp³-hybridized carbons (Fsp3) is 0.148. The molecule has 7 heteroatoms. The molecular formula is C27H25N3O4. The van der Waals surface area contributed by atoms with Crippen molar-refractivity contribution < 1.29 is 19.4 Å². The number of carbonyl (C=O) groups excluding carboxylic acids is 2. The summed E-state index contributed by atoms with van der Waals surface area (Å²) in [4.78, 5) is 25.2. The molecule has 4 aromatic rings. The minimum atomic E-state index is -1.92. The summed E-state index contributed by atoms with van der Waals surface area (Å²) in [7, 11) is 0. The number of ether oxygens (including phenoxy) is 1. The average molecular weight is 456 g/mol. The lowest BCUT2D eigenvalue weighted by atomic mass is 9.85. The monoisotopic (exact) mass is 455 g/mol. The van der Waals surface area contributed by atoms with Gasteiger partial charge < -0.3 is 14.4 Å². The van der Waals surface area contributed by atoms with Gasteiger partial charge in [-0.2, -0.15) is 5.10 Å². The lowest BCUT2D eigenvalue weighted by Gasteiger charge is -2.27. The van der Waals surface area contributed by atoms with Crippen molar-refractivity contribution in [1.82, 2.24) is 9.99 Å². The number of amides is 1. The van der Waals surface area contributed by atoms with Gasteiger partial charge >= 0.3 is 5.97 Å². The number of carbonyl (C=O) groups is 2. The van der Waals surface area contributed by atoms with Gasteiger partial charge in [0.25, 0.3) is 5.91 Å². The summed E-state index contributed by atoms with van der Waals surface area (Å²) in [6, 6.07) is 25.0. The van der Waals surface area contributed by atoms with E-state index in [1.165, 1.54) is 6.21 Å². The minimum Gasteiger partial charge on any atom is -0.465 e. The number of fused-ring (bicyclic) bond motifs is 1. The first-order chi connectivity index (χ1) is 16.5. The molecule has 2 N–H and O–H groups in total. The zero-order valence-corrected chi connectivity index (χ0v) is 18.7. The first kappa shape index (κ1) is 22.9. The fourth-order valence-electron chi connectivity index (χ4n) is 3.88. The number of para-hydroxylation sites is 1. The van der Waals surface area contributed by atoms with E-state index in [4.69, 9.17) is 4.74 Å². The number of aliphatic hydroxyl groups is 1. The van der Waals surface area contributed by atoms with Gasteiger partial charge in [0.1, 0.15) is 6.54 Å². The van der Waals surface area contributed by atoms with Crippen LogP contribution in [0.4, 0.5) is 0 Å². The summed E-state index contributed by atoms with van der Waals surface area (Å²) in [6.45, 7) is 2.14. The van der Waals surface area contributed by atoms with Crippen LogP contribution in [0, 0.1) is 0 Å². The maximum atomic E-state index is 13.2. The average Bonchev–Trinajstić information content (AvgIpc) is 3.21. The van der Waals surface area contributed by atoms with E-state index in [1.54, 1.807) is 66.2 Å². The van der Waals surface area contributed by atoms with Crippen molar-refractivity contribution in [3.63, 3.8) is 0 Å². The highest BCUT2D eigenvalue weighted by atomic mass is 16.5. The van der Waals surface area contributed by atoms with Crippen LogP contribution in [0.15, 0.2) is 96.2 Å². The van der Waals surface area contributed by atoms with Crippen molar-refractivity contribution in [2.75, 3.05) is 6.61 Å². The Morgan fingerprint density at radius 1 is 0.971 bits per heavy atom. The van der Waals surface area contributed by atoms with Crippen molar-refractivity contribution in [3.05, 3.63) is 108 Å². The van der Waals surface area contributed by atoms with Crippen molar-refractivity contribution in [3.8, 4) is 0 Å². The van der Waals surface area contributed by atoms with E-state index in [0.29, 0.717) is 23.3 Å². The Labute approximate surface area is 197 Å². The summed E-state index contributed by atoms with van der Waals surface area (Å²) in [6.07, 6.45) is 3.27. The van der Waals surface area contributed by atoms with Crippen LogP contribution in [0.25, 0.3) is 10.9 Å². The molecule has 0 spiro atoms. The van der Waals surface area contributed by atoms with Gasteiger partial charge in [-0.25, -0.2) is 5.43 Å². The van der Waals surface area contributed by atoms with Crippen molar-refractivity contribution in [1.29, 1.82) is 0 Å². The third-order valence-electron chi connectivity index (χ3n) is 5.51. The number of esters is 1. The van der Waals surface area contributed by atoms with E-state index in [9.17, 15) is 14.7 Å². The smallest absolute Gasteiger partial charge is 0.325 e. The van der Waals surface area contributed by atoms with E-state index >= 15 is 0 Å². The molecule has 7 nitrogen and oxygen atoms in total. The highest BCUT2D eigenvalue weighted by molar-refractivity contribution is 6.00. The lowest BCUT2D eigenvalue weighted by Crippen LogP contribution is -2.43. The Hall–Kier alpha value is -4.23. The highest BCUT2D eigenvalue weighted by Crippen LogP contribution is 2.30. The zero-order chi connectivity index (χ0) is 24.0. The number of nitrogens with zero attached hydrogens (tertiary/aromatic N) is 2. The Balaban J connectivity index is 1.61. The topological polar surface area (TPSA) is 92.9 Å². The Bertz CT molecular complexity index is 1270. The number of nitrogens with one attached hydrogen (secondary N) is 1. The van der Waals surface area contributed by atoms with Crippen LogP contribution in [-0.2, 0) is 26.5 Å². The van der Waals surface area contributed by atoms with E-state index < -0.39 is 11.5 Å². The molecule has 0 aliphatic rings. The molecule has 1 amide bonds. The maximum absolute atomic E-state index is 13.2. The highest BCUT2D eigenvalue weighted by Gasteiger charge is 2.39. The molecule has 0 aliphatic heterocycles. The van der Waals surface area contributed by atoms with Gasteiger partial charge in [-0.05, 0) is 24.1 Å². The van der Waals surface area contributed by atoms with Gasteiger partial charge in [-0.1, -0.05) is 78.9 Å². The van der Waals surface area contributed by atoms with Gasteiger partial charge in [-0.3, -0.25) is 9.59 Å². The van der Waals surface area contributed by atoms with Gasteiger partial charge in [0.05, 0.1) is 12.8 Å². The molecule has 0 unspecified atom stereocenters. The standard InChI is InChI=1S/C27H25N3O4/c1-2-34-25(31)19-30-18-20(23-15-9-10-16-24(23)30)17-28-29-26(32)27(33,21-11-5-3-6-12-21)22-13-7-4-8-14-22/h3-18,33H,2,19H2,1H3,(H,29,32)/b28-17+. The number of aromatic nitrogens is 1. The first-order valence-electron chi connectivity index (χ1n) is 10.9. The number of benzene rings is 3. The number of rotatable bonds is 8. The second-order valence-corrected chi connectivity index (χ2v) is 7.68. The Morgan fingerprint density at radius 2 is 1.56 bits per heavy atom. The predicted molar refractivity (Wildman–Crippen MR) is 130 cm³/mol. The molecule has 0 aliphatic carbocycles. The SMILES string of the molecule is CCOC(=O)Cn1cc(/C=N/NC(=O)C(O)(c2ccccc2)c2ccccc2)c2ccccc21. The predicted octanol–water partition coefficient (Wildman–Crippen LogP) is 3.59. The first-order valence-corrected chi connectivity index (χ1v) is 10.9. The molecule has 3 aromatic carbocycles. The van der Waals surface area contributed by atoms with E-state index in [1.807, 2.05) is 36.4 Å². The van der Waals surface area contributed by atoms with Gasteiger partial charge in [0.2, 0.25) is 0 Å². The molecular weight excluding hydrogens is 430 g/mol. The summed E-state index contributed by atoms with van der Waals surface area (Å²) in [5, 5.41) is 16.5. The van der Waals surface area contributed by atoms with Crippen LogP contribution in [0.1, 0.15) is 23.6 Å². The maximum Gasteiger partial charge on any atom is 0.325 e. The van der Waals surface area contributed by atoms with Crippen molar-refractivity contribution >= 4 is 29.0 Å². The molecule has 4 rings (SSSR count). The lowest BCUT2D eigenvalue weighted by molar-refractivity contribution is -0.143. The van der Waals surface area contributed by atoms with E-state index in [-0.39, 0.29) is 12.5 Å². The minimum absolute atomic E-state index is 0.0658. The van der Waals surface area contributed by atoms with Crippen molar-refractivity contribution in [2.45, 2.75) is 19.1 Å². The molecule has 0 saturated heterocycles. The number of hydrogen-bond acceptors (Lipinski definition) is 5. The second kappa shape index (κ2) is 10.1. The van der Waals surface area contributed by atoms with Crippen LogP contribution < -0.4 is 5.43 Å². The van der Waals surface area contributed by atoms with Crippen LogP contribution in [0.5, 0.6) is 0 Å². The molecule has 1 aromatic heterocycles. The van der Waals surface area contributed by atoms with Crippen LogP contribution in [0.2, 0.25) is 0 Å². The molecule has 1 heterocycles. The molecule has 0 fully saturated rings. The largest absolute Gasteiger partial charge is 0.465 e. The molecule has 172 valence electrons. The normalized spacial score (nSPS) is 11.6. The quantitative estimate of drug-likeness (QED) is 0.241. The third kappa shape index (κ3) is 4.60. The summed E-state index contributed by atoms with van der Waals surface area (Å²) in [5.41, 5.74) is 2.98.